The van der Waals surface area contributed by atoms with Crippen molar-refractivity contribution in [2.24, 2.45) is 0 Å². The van der Waals surface area contributed by atoms with Gasteiger partial charge in [0.1, 0.15) is 0 Å². The fraction of sp³-hybridized carbons (Fsp3) is 0.286. The van der Waals surface area contributed by atoms with E-state index in [1.807, 2.05) is 18.4 Å². The predicted octanol–water partition coefficient (Wildman–Crippen LogP) is 3.49. The molecule has 1 aliphatic rings. The normalized spacial score (nSPS) is 14.3. The van der Waals surface area contributed by atoms with Crippen molar-refractivity contribution >= 4 is 11.8 Å². The molecule has 0 fully saturated rings. The van der Waals surface area contributed by atoms with Gasteiger partial charge in [0, 0.05) is 29.1 Å². The molecule has 0 bridgehead atoms. The minimum atomic E-state index is -4.47. The first-order chi connectivity index (χ1) is 9.99. The van der Waals surface area contributed by atoms with Gasteiger partial charge in [0.25, 0.3) is 0 Å². The molecule has 0 saturated heterocycles. The van der Waals surface area contributed by atoms with E-state index in [9.17, 15) is 13.2 Å². The SMILES string of the molecule is CSc1ccc(-c2nc3c(c(C(F)(F)F)n2)CNC3)cc1. The molecule has 1 aromatic heterocycles. The third-order valence-corrected chi connectivity index (χ3v) is 4.05. The Labute approximate surface area is 124 Å². The first kappa shape index (κ1) is 14.3. The van der Waals surface area contributed by atoms with Crippen molar-refractivity contribution < 1.29 is 13.2 Å². The molecule has 1 N–H and O–H groups in total. The topological polar surface area (TPSA) is 37.8 Å². The maximum Gasteiger partial charge on any atom is 0.433 e. The Morgan fingerprint density at radius 2 is 1.81 bits per heavy atom. The lowest BCUT2D eigenvalue weighted by atomic mass is 10.1. The van der Waals surface area contributed by atoms with Crippen LogP contribution in [0.25, 0.3) is 11.4 Å². The molecule has 7 heteroatoms. The second kappa shape index (κ2) is 5.31. The number of fused-ring (bicyclic) bond motifs is 1. The van der Waals surface area contributed by atoms with Crippen molar-refractivity contribution in [2.45, 2.75) is 24.2 Å². The average molecular weight is 311 g/mol. The van der Waals surface area contributed by atoms with Crippen LogP contribution in [0.2, 0.25) is 0 Å². The van der Waals surface area contributed by atoms with Crippen molar-refractivity contribution in [3.8, 4) is 11.4 Å². The van der Waals surface area contributed by atoms with E-state index in [1.165, 1.54) is 0 Å². The minimum Gasteiger partial charge on any atom is -0.307 e. The second-order valence-corrected chi connectivity index (χ2v) is 5.53. The second-order valence-electron chi connectivity index (χ2n) is 4.65. The van der Waals surface area contributed by atoms with Crippen LogP contribution in [0.5, 0.6) is 0 Å². The fourth-order valence-corrected chi connectivity index (χ4v) is 2.68. The molecule has 0 unspecified atom stereocenters. The van der Waals surface area contributed by atoms with Crippen LogP contribution in [0.1, 0.15) is 17.0 Å². The van der Waals surface area contributed by atoms with E-state index < -0.39 is 11.9 Å². The van der Waals surface area contributed by atoms with E-state index in [0.29, 0.717) is 17.8 Å². The summed E-state index contributed by atoms with van der Waals surface area (Å²) in [7, 11) is 0. The molecule has 2 aromatic rings. The summed E-state index contributed by atoms with van der Waals surface area (Å²) in [5, 5.41) is 2.89. The number of aromatic nitrogens is 2. The van der Waals surface area contributed by atoms with Crippen LogP contribution in [0, 0.1) is 0 Å². The van der Waals surface area contributed by atoms with Crippen LogP contribution in [0.3, 0.4) is 0 Å². The third-order valence-electron chi connectivity index (χ3n) is 3.30. The fourth-order valence-electron chi connectivity index (χ4n) is 2.27. The summed E-state index contributed by atoms with van der Waals surface area (Å²) in [4.78, 5) is 9.07. The lowest BCUT2D eigenvalue weighted by Crippen LogP contribution is -2.14. The molecule has 0 spiro atoms. The summed E-state index contributed by atoms with van der Waals surface area (Å²) < 4.78 is 39.4. The first-order valence-corrected chi connectivity index (χ1v) is 7.53. The summed E-state index contributed by atoms with van der Waals surface area (Å²) in [6.07, 6.45) is -2.53. The van der Waals surface area contributed by atoms with E-state index in [0.717, 1.165) is 4.90 Å². The minimum absolute atomic E-state index is 0.123. The summed E-state index contributed by atoms with van der Waals surface area (Å²) in [5.41, 5.74) is 0.350. The van der Waals surface area contributed by atoms with Gasteiger partial charge in [-0.3, -0.25) is 0 Å². The Balaban J connectivity index is 2.11. The van der Waals surface area contributed by atoms with E-state index in [4.69, 9.17) is 0 Å². The Morgan fingerprint density at radius 1 is 1.10 bits per heavy atom. The third kappa shape index (κ3) is 2.75. The predicted molar refractivity (Wildman–Crippen MR) is 74.8 cm³/mol. The molecule has 0 aliphatic carbocycles. The highest BCUT2D eigenvalue weighted by Gasteiger charge is 2.38. The number of rotatable bonds is 2. The maximum atomic E-state index is 13.1. The monoisotopic (exact) mass is 311 g/mol. The summed E-state index contributed by atoms with van der Waals surface area (Å²) in [6, 6.07) is 7.19. The molecule has 0 amide bonds. The summed E-state index contributed by atoms with van der Waals surface area (Å²) >= 11 is 1.57. The molecule has 3 rings (SSSR count). The molecule has 0 atom stereocenters. The van der Waals surface area contributed by atoms with Crippen LogP contribution in [-0.2, 0) is 19.3 Å². The van der Waals surface area contributed by atoms with Gasteiger partial charge in [-0.1, -0.05) is 12.1 Å². The molecule has 1 aromatic carbocycles. The van der Waals surface area contributed by atoms with Gasteiger partial charge in [0.05, 0.1) is 5.69 Å². The Bertz CT molecular complexity index is 668. The number of thioether (sulfide) groups is 1. The number of alkyl halides is 3. The zero-order valence-corrected chi connectivity index (χ0v) is 12.0. The largest absolute Gasteiger partial charge is 0.433 e. The number of hydrogen-bond acceptors (Lipinski definition) is 4. The van der Waals surface area contributed by atoms with Crippen molar-refractivity contribution in [3.05, 3.63) is 41.2 Å². The molecule has 110 valence electrons. The van der Waals surface area contributed by atoms with Crippen LogP contribution < -0.4 is 5.32 Å². The van der Waals surface area contributed by atoms with Gasteiger partial charge in [-0.2, -0.15) is 13.2 Å². The van der Waals surface area contributed by atoms with Gasteiger partial charge in [-0.25, -0.2) is 9.97 Å². The van der Waals surface area contributed by atoms with E-state index >= 15 is 0 Å². The van der Waals surface area contributed by atoms with Crippen LogP contribution in [0.15, 0.2) is 29.2 Å². The van der Waals surface area contributed by atoms with Crippen molar-refractivity contribution in [3.63, 3.8) is 0 Å². The number of benzene rings is 1. The smallest absolute Gasteiger partial charge is 0.307 e. The molecule has 21 heavy (non-hydrogen) atoms. The van der Waals surface area contributed by atoms with Crippen LogP contribution in [-0.4, -0.2) is 16.2 Å². The number of halogens is 3. The van der Waals surface area contributed by atoms with Crippen molar-refractivity contribution in [2.75, 3.05) is 6.26 Å². The summed E-state index contributed by atoms with van der Waals surface area (Å²) in [5.74, 6) is 0.123. The van der Waals surface area contributed by atoms with E-state index in [-0.39, 0.29) is 17.9 Å². The molecule has 0 saturated carbocycles. The van der Waals surface area contributed by atoms with Crippen LogP contribution in [0.4, 0.5) is 13.2 Å². The number of nitrogens with zero attached hydrogens (tertiary/aromatic N) is 2. The average Bonchev–Trinajstić information content (AvgIpc) is 2.93. The highest BCUT2D eigenvalue weighted by Crippen LogP contribution is 2.34. The Kier molecular flexibility index (Phi) is 3.62. The number of nitrogens with one attached hydrogen (secondary N) is 1. The molecule has 3 nitrogen and oxygen atoms in total. The standard InChI is InChI=1S/C14H12F3N3S/c1-21-9-4-2-8(3-5-9)13-19-11-7-18-6-10(11)12(20-13)14(15,16)17/h2-5,18H,6-7H2,1H3. The van der Waals surface area contributed by atoms with Crippen molar-refractivity contribution in [1.82, 2.24) is 15.3 Å². The van der Waals surface area contributed by atoms with Gasteiger partial charge >= 0.3 is 6.18 Å². The molecular formula is C14H12F3N3S. The van der Waals surface area contributed by atoms with Crippen LogP contribution >= 0.6 is 11.8 Å². The quantitative estimate of drug-likeness (QED) is 0.862. The number of hydrogen-bond donors (Lipinski definition) is 1. The highest BCUT2D eigenvalue weighted by molar-refractivity contribution is 7.98. The molecular weight excluding hydrogens is 299 g/mol. The van der Waals surface area contributed by atoms with E-state index in [1.54, 1.807) is 23.9 Å². The van der Waals surface area contributed by atoms with Gasteiger partial charge in [0.2, 0.25) is 0 Å². The van der Waals surface area contributed by atoms with Gasteiger partial charge < -0.3 is 5.32 Å². The highest BCUT2D eigenvalue weighted by atomic mass is 32.2. The lowest BCUT2D eigenvalue weighted by molar-refractivity contribution is -0.141. The maximum absolute atomic E-state index is 13.1. The zero-order chi connectivity index (χ0) is 15.0. The Hall–Kier alpha value is -1.60. The Morgan fingerprint density at radius 3 is 2.43 bits per heavy atom. The molecule has 2 heterocycles. The lowest BCUT2D eigenvalue weighted by Gasteiger charge is -2.12. The first-order valence-electron chi connectivity index (χ1n) is 6.31. The van der Waals surface area contributed by atoms with Gasteiger partial charge in [-0.05, 0) is 18.4 Å². The summed E-state index contributed by atoms with van der Waals surface area (Å²) in [6.45, 7) is 0.507. The van der Waals surface area contributed by atoms with Gasteiger partial charge in [0.15, 0.2) is 11.5 Å². The zero-order valence-electron chi connectivity index (χ0n) is 11.2. The molecule has 0 radical (unpaired) electrons. The van der Waals surface area contributed by atoms with Crippen molar-refractivity contribution in [1.29, 1.82) is 0 Å². The molecule has 1 aliphatic heterocycles. The van der Waals surface area contributed by atoms with E-state index in [2.05, 4.69) is 15.3 Å². The van der Waals surface area contributed by atoms with Gasteiger partial charge in [-0.15, -0.1) is 11.8 Å².